The van der Waals surface area contributed by atoms with Crippen LogP contribution in [-0.4, -0.2) is 120 Å². The molecular weight excluding hydrogens is 1010 g/mol. The normalized spacial score (nSPS) is 19.1. The Hall–Kier alpha value is -7.27. The second kappa shape index (κ2) is 20.9. The number of pyridine rings is 2. The first-order valence-corrected chi connectivity index (χ1v) is 27.4. The Morgan fingerprint density at radius 1 is 0.987 bits per heavy atom. The van der Waals surface area contributed by atoms with Crippen molar-refractivity contribution in [1.29, 1.82) is 0 Å². The lowest BCUT2D eigenvalue weighted by Crippen LogP contribution is -2.60. The van der Waals surface area contributed by atoms with Gasteiger partial charge in [0.2, 0.25) is 5.88 Å². The van der Waals surface area contributed by atoms with Gasteiger partial charge in [-0.15, -0.1) is 0 Å². The molecule has 1 saturated carbocycles. The zero-order chi connectivity index (χ0) is 53.6. The van der Waals surface area contributed by atoms with Crippen LogP contribution in [-0.2, 0) is 21.3 Å². The van der Waals surface area contributed by atoms with Gasteiger partial charge in [-0.05, 0) is 71.9 Å². The van der Waals surface area contributed by atoms with Gasteiger partial charge in [0.15, 0.2) is 17.7 Å². The van der Waals surface area contributed by atoms with E-state index in [-0.39, 0.29) is 78.0 Å². The molecular formula is C55H60F2N10O9S. The summed E-state index contributed by atoms with van der Waals surface area (Å²) >= 11 is 0. The highest BCUT2D eigenvalue weighted by atomic mass is 32.2. The van der Waals surface area contributed by atoms with E-state index >= 15 is 8.78 Å². The van der Waals surface area contributed by atoms with Crippen LogP contribution in [0.1, 0.15) is 91.4 Å². The van der Waals surface area contributed by atoms with E-state index in [1.54, 1.807) is 25.4 Å². The number of piperidine rings is 1. The molecule has 1 amide bonds. The molecule has 4 aromatic heterocycles. The molecule has 3 aromatic carbocycles. The number of sulfonamides is 1. The minimum absolute atomic E-state index is 0.0383. The highest BCUT2D eigenvalue weighted by Gasteiger charge is 2.50. The third-order valence-electron chi connectivity index (χ3n) is 16.0. The second-order valence-electron chi connectivity index (χ2n) is 21.1. The molecule has 4 fully saturated rings. The average Bonchev–Trinajstić information content (AvgIpc) is 4.19. The van der Waals surface area contributed by atoms with E-state index in [4.69, 9.17) is 18.6 Å². The number of H-pyrrole nitrogens is 1. The Kier molecular flexibility index (Phi) is 14.1. The van der Waals surface area contributed by atoms with E-state index in [2.05, 4.69) is 79.2 Å². The maximum Gasteiger partial charge on any atom is 0.297 e. The highest BCUT2D eigenvalue weighted by molar-refractivity contribution is 7.90. The SMILES string of the molecule is COc1ccc(CN2CCN(C3CC4(CCN(c5cc(Oc6cnc7[nH]ccc7c6)c(C(=O)NS(=O)(=O)c6cc([N+](=O)[O-])c(NCC7(F)CCOCC7)c7ocnc67)cc5F)CC4)C3)[C@H](c3ccccc3C(C)C)C2)cn1. The number of amides is 1. The number of carbonyl (C=O) groups excluding carboxylic acids is 1. The molecule has 77 heavy (non-hydrogen) atoms. The third-order valence-corrected chi connectivity index (χ3v) is 17.3. The lowest BCUT2D eigenvalue weighted by molar-refractivity contribution is -0.384. The number of fused-ring (bicyclic) bond motifs is 2. The van der Waals surface area contributed by atoms with E-state index in [9.17, 15) is 23.3 Å². The number of nitrogens with zero attached hydrogens (tertiary/aromatic N) is 7. The van der Waals surface area contributed by atoms with Crippen LogP contribution >= 0.6 is 0 Å². The van der Waals surface area contributed by atoms with Gasteiger partial charge in [0, 0.05) is 120 Å². The van der Waals surface area contributed by atoms with E-state index in [1.165, 1.54) is 23.4 Å². The van der Waals surface area contributed by atoms with Crippen molar-refractivity contribution in [2.75, 3.05) is 69.8 Å². The monoisotopic (exact) mass is 1070 g/mol. The molecule has 1 aliphatic carbocycles. The number of piperazine rings is 1. The van der Waals surface area contributed by atoms with Crippen molar-refractivity contribution < 1.29 is 45.5 Å². The van der Waals surface area contributed by atoms with E-state index in [0.29, 0.717) is 42.0 Å². The van der Waals surface area contributed by atoms with E-state index < -0.39 is 48.5 Å². The number of aromatic amines is 1. The highest BCUT2D eigenvalue weighted by Crippen LogP contribution is 2.54. The first-order chi connectivity index (χ1) is 37.1. The summed E-state index contributed by atoms with van der Waals surface area (Å²) < 4.78 is 85.0. The van der Waals surface area contributed by atoms with Crippen molar-refractivity contribution in [3.05, 3.63) is 130 Å². The molecule has 0 radical (unpaired) electrons. The summed E-state index contributed by atoms with van der Waals surface area (Å²) in [5, 5.41) is 15.9. The third kappa shape index (κ3) is 10.5. The van der Waals surface area contributed by atoms with Gasteiger partial charge in [-0.1, -0.05) is 44.2 Å². The average molecular weight is 1080 g/mol. The molecule has 3 aliphatic heterocycles. The zero-order valence-corrected chi connectivity index (χ0v) is 43.8. The van der Waals surface area contributed by atoms with Gasteiger partial charge in [-0.2, -0.15) is 0 Å². The number of rotatable bonds is 16. The number of nitrogens with one attached hydrogen (secondary N) is 3. The molecule has 3 saturated heterocycles. The number of carbonyl (C=O) groups is 1. The number of hydrogen-bond acceptors (Lipinski definition) is 16. The van der Waals surface area contributed by atoms with Crippen LogP contribution in [0.2, 0.25) is 0 Å². The minimum atomic E-state index is -5.01. The largest absolute Gasteiger partial charge is 0.481 e. The van der Waals surface area contributed by atoms with Crippen molar-refractivity contribution in [3.63, 3.8) is 0 Å². The van der Waals surface area contributed by atoms with Gasteiger partial charge in [0.25, 0.3) is 21.6 Å². The zero-order valence-electron chi connectivity index (χ0n) is 43.0. The Morgan fingerprint density at radius 3 is 2.52 bits per heavy atom. The topological polar surface area (TPSA) is 223 Å². The molecule has 0 bridgehead atoms. The van der Waals surface area contributed by atoms with Gasteiger partial charge in [0.1, 0.15) is 39.0 Å². The molecule has 1 spiro atoms. The second-order valence-corrected chi connectivity index (χ2v) is 22.8. The smallest absolute Gasteiger partial charge is 0.297 e. The van der Waals surface area contributed by atoms with Crippen LogP contribution in [0.5, 0.6) is 17.4 Å². The summed E-state index contributed by atoms with van der Waals surface area (Å²) in [6.07, 6.45) is 9.62. The van der Waals surface area contributed by atoms with Crippen molar-refractivity contribution in [2.45, 2.75) is 87.5 Å². The van der Waals surface area contributed by atoms with E-state index in [1.807, 2.05) is 21.9 Å². The predicted molar refractivity (Wildman–Crippen MR) is 283 cm³/mol. The van der Waals surface area contributed by atoms with Crippen LogP contribution < -0.4 is 24.4 Å². The predicted octanol–water partition coefficient (Wildman–Crippen LogP) is 9.43. The number of nitro groups is 1. The maximum atomic E-state index is 16.7. The Labute approximate surface area is 443 Å². The molecule has 1 atom stereocenters. The fraction of sp³-hybridized carbons (Fsp3) is 0.418. The number of halogens is 2. The Morgan fingerprint density at radius 2 is 1.78 bits per heavy atom. The number of aromatic nitrogens is 4. The van der Waals surface area contributed by atoms with Crippen molar-refractivity contribution in [1.82, 2.24) is 34.5 Å². The summed E-state index contributed by atoms with van der Waals surface area (Å²) in [5.74, 6) is -1.08. The van der Waals surface area contributed by atoms with Gasteiger partial charge in [0.05, 0.1) is 29.5 Å². The van der Waals surface area contributed by atoms with Crippen LogP contribution in [0.15, 0.2) is 101 Å². The van der Waals surface area contributed by atoms with Crippen LogP contribution in [0.4, 0.5) is 25.8 Å². The first kappa shape index (κ1) is 51.8. The fourth-order valence-corrected chi connectivity index (χ4v) is 12.9. The molecule has 3 N–H and O–H groups in total. The molecule has 0 unspecified atom stereocenters. The first-order valence-electron chi connectivity index (χ1n) is 26.0. The van der Waals surface area contributed by atoms with Gasteiger partial charge >= 0.3 is 0 Å². The standard InChI is InChI=1S/C55H60F2N10O9S/c1-34(2)39-6-4-5-7-40(39)45-31-64(30-35-8-9-48(73-3)59-28-35)18-19-66(45)37-26-54(27-37)11-16-65(17-12-54)43-24-46(76-38-22-36-10-15-58-52(36)60-29-38)41(23-42(43)56)53(68)63-77(71,72)47-25-44(67(69)70)49(51-50(47)62-33-75-51)61-32-55(57)13-20-74-21-14-55/h4-10,15,22-25,28-29,33-34,37,45,61H,11-14,16-21,26-27,30-32H2,1-3H3,(H,58,60)(H,63,68)/t45-/m0/s1. The lowest BCUT2D eigenvalue weighted by Gasteiger charge is -2.58. The molecule has 404 valence electrons. The van der Waals surface area contributed by atoms with Gasteiger partial charge in [-0.3, -0.25) is 24.7 Å². The van der Waals surface area contributed by atoms with Gasteiger partial charge < -0.3 is 33.8 Å². The van der Waals surface area contributed by atoms with Gasteiger partial charge in [-0.25, -0.2) is 36.9 Å². The van der Waals surface area contributed by atoms with Crippen molar-refractivity contribution in [2.24, 2.45) is 5.41 Å². The quantitative estimate of drug-likeness (QED) is 0.0605. The maximum absolute atomic E-state index is 16.7. The molecule has 7 heterocycles. The summed E-state index contributed by atoms with van der Waals surface area (Å²) in [7, 11) is -3.39. The summed E-state index contributed by atoms with van der Waals surface area (Å²) in [4.78, 5) is 48.2. The molecule has 22 heteroatoms. The summed E-state index contributed by atoms with van der Waals surface area (Å²) in [6, 6.07) is 19.9. The van der Waals surface area contributed by atoms with E-state index in [0.717, 1.165) is 76.0 Å². The molecule has 4 aliphatic rings. The Balaban J connectivity index is 0.823. The molecule has 11 rings (SSSR count). The number of benzene rings is 3. The fourth-order valence-electron chi connectivity index (χ4n) is 11.8. The molecule has 7 aromatic rings. The number of hydrogen-bond donors (Lipinski definition) is 3. The lowest BCUT2D eigenvalue weighted by atomic mass is 9.59. The summed E-state index contributed by atoms with van der Waals surface area (Å²) in [5.41, 5.74) is 0.679. The Bertz CT molecular complexity index is 3440. The summed E-state index contributed by atoms with van der Waals surface area (Å²) in [6.45, 7) is 9.02. The van der Waals surface area contributed by atoms with Crippen LogP contribution in [0.25, 0.3) is 22.1 Å². The number of methoxy groups -OCH3 is 1. The number of ether oxygens (including phenoxy) is 3. The molecule has 19 nitrogen and oxygen atoms in total. The number of alkyl halides is 1. The minimum Gasteiger partial charge on any atom is -0.481 e. The number of anilines is 2. The van der Waals surface area contributed by atoms with Crippen molar-refractivity contribution in [3.8, 4) is 17.4 Å². The number of oxazole rings is 1. The van der Waals surface area contributed by atoms with Crippen molar-refractivity contribution >= 4 is 55.1 Å². The van der Waals surface area contributed by atoms with Crippen LogP contribution in [0, 0.1) is 21.3 Å². The number of nitro benzene ring substituents is 1. The van der Waals surface area contributed by atoms with Crippen LogP contribution in [0.3, 0.4) is 0 Å².